The summed E-state index contributed by atoms with van der Waals surface area (Å²) >= 11 is 0. The van der Waals surface area contributed by atoms with Crippen LogP contribution in [0.2, 0.25) is 0 Å². The van der Waals surface area contributed by atoms with Gasteiger partial charge in [-0.15, -0.1) is 0 Å². The SMILES string of the molecule is COc1cccc([C@@H]2C[C@@H]2C(=O)N2CCC[C@@H](c3ccn[nH]3)C2)c1. The molecule has 24 heavy (non-hydrogen) atoms. The van der Waals surface area contributed by atoms with E-state index in [1.807, 2.05) is 18.2 Å². The monoisotopic (exact) mass is 325 g/mol. The average molecular weight is 325 g/mol. The predicted molar refractivity (Wildman–Crippen MR) is 91.0 cm³/mol. The van der Waals surface area contributed by atoms with Crippen molar-refractivity contribution in [3.63, 3.8) is 0 Å². The molecule has 1 aliphatic heterocycles. The van der Waals surface area contributed by atoms with Gasteiger partial charge in [0.15, 0.2) is 0 Å². The van der Waals surface area contributed by atoms with E-state index in [4.69, 9.17) is 4.74 Å². The fraction of sp³-hybridized carbons (Fsp3) is 0.474. The van der Waals surface area contributed by atoms with Gasteiger partial charge >= 0.3 is 0 Å². The van der Waals surface area contributed by atoms with Crippen molar-refractivity contribution in [2.45, 2.75) is 31.1 Å². The number of nitrogens with zero attached hydrogens (tertiary/aromatic N) is 2. The molecule has 5 nitrogen and oxygen atoms in total. The van der Waals surface area contributed by atoms with E-state index in [1.54, 1.807) is 13.3 Å². The Morgan fingerprint density at radius 1 is 1.38 bits per heavy atom. The lowest BCUT2D eigenvalue weighted by Crippen LogP contribution is -2.40. The molecule has 2 aromatic rings. The molecular formula is C19H23N3O2. The van der Waals surface area contributed by atoms with E-state index in [0.29, 0.717) is 17.7 Å². The minimum Gasteiger partial charge on any atom is -0.497 e. The van der Waals surface area contributed by atoms with Gasteiger partial charge in [-0.25, -0.2) is 0 Å². The van der Waals surface area contributed by atoms with Crippen LogP contribution in [-0.4, -0.2) is 41.2 Å². The first-order valence-electron chi connectivity index (χ1n) is 8.68. The number of likely N-dealkylation sites (tertiary alicyclic amines) is 1. The van der Waals surface area contributed by atoms with E-state index in [9.17, 15) is 4.79 Å². The van der Waals surface area contributed by atoms with Gasteiger partial charge in [-0.2, -0.15) is 5.10 Å². The van der Waals surface area contributed by atoms with Crippen LogP contribution in [0.1, 0.15) is 42.4 Å². The topological polar surface area (TPSA) is 58.2 Å². The molecule has 1 N–H and O–H groups in total. The van der Waals surface area contributed by atoms with Gasteiger partial charge in [0.05, 0.1) is 7.11 Å². The number of carbonyl (C=O) groups excluding carboxylic acids is 1. The fourth-order valence-corrected chi connectivity index (χ4v) is 3.87. The summed E-state index contributed by atoms with van der Waals surface area (Å²) in [6.07, 6.45) is 4.93. The smallest absolute Gasteiger partial charge is 0.226 e. The first-order chi connectivity index (χ1) is 11.8. The highest BCUT2D eigenvalue weighted by atomic mass is 16.5. The summed E-state index contributed by atoms with van der Waals surface area (Å²) < 4.78 is 5.30. The number of aromatic amines is 1. The molecule has 1 saturated heterocycles. The Morgan fingerprint density at radius 3 is 3.08 bits per heavy atom. The number of amides is 1. The third kappa shape index (κ3) is 2.90. The average Bonchev–Trinajstić information content (AvgIpc) is 3.25. The molecule has 3 atom stereocenters. The zero-order valence-corrected chi connectivity index (χ0v) is 13.9. The van der Waals surface area contributed by atoms with Gasteiger partial charge in [0.25, 0.3) is 0 Å². The maximum absolute atomic E-state index is 12.9. The van der Waals surface area contributed by atoms with Crippen molar-refractivity contribution in [1.82, 2.24) is 15.1 Å². The second-order valence-corrected chi connectivity index (χ2v) is 6.86. The molecule has 0 bridgehead atoms. The molecule has 1 aromatic carbocycles. The molecule has 1 aromatic heterocycles. The molecule has 2 heterocycles. The van der Waals surface area contributed by atoms with E-state index in [1.165, 1.54) is 5.56 Å². The highest BCUT2D eigenvalue weighted by Crippen LogP contribution is 2.49. The number of hydrogen-bond donors (Lipinski definition) is 1. The summed E-state index contributed by atoms with van der Waals surface area (Å²) in [7, 11) is 1.68. The lowest BCUT2D eigenvalue weighted by molar-refractivity contribution is -0.133. The maximum Gasteiger partial charge on any atom is 0.226 e. The number of nitrogens with one attached hydrogen (secondary N) is 1. The number of H-pyrrole nitrogens is 1. The Balaban J connectivity index is 1.41. The van der Waals surface area contributed by atoms with Gasteiger partial charge in [-0.3, -0.25) is 9.89 Å². The Hall–Kier alpha value is -2.30. The van der Waals surface area contributed by atoms with Gasteiger partial charge in [0.1, 0.15) is 5.75 Å². The third-order valence-corrected chi connectivity index (χ3v) is 5.32. The molecule has 0 unspecified atom stereocenters. The van der Waals surface area contributed by atoms with Crippen LogP contribution < -0.4 is 4.74 Å². The minimum atomic E-state index is 0.137. The first kappa shape index (κ1) is 15.2. The third-order valence-electron chi connectivity index (χ3n) is 5.32. The van der Waals surface area contributed by atoms with Crippen molar-refractivity contribution >= 4 is 5.91 Å². The van der Waals surface area contributed by atoms with Crippen LogP contribution in [0.3, 0.4) is 0 Å². The van der Waals surface area contributed by atoms with Crippen LogP contribution in [-0.2, 0) is 4.79 Å². The predicted octanol–water partition coefficient (Wildman–Crippen LogP) is 2.93. The maximum atomic E-state index is 12.9. The van der Waals surface area contributed by atoms with Crippen molar-refractivity contribution in [3.05, 3.63) is 47.8 Å². The van der Waals surface area contributed by atoms with Gasteiger partial charge in [0, 0.05) is 36.8 Å². The van der Waals surface area contributed by atoms with Crippen molar-refractivity contribution < 1.29 is 9.53 Å². The zero-order chi connectivity index (χ0) is 16.5. The Bertz CT molecular complexity index is 713. The quantitative estimate of drug-likeness (QED) is 0.940. The molecule has 2 aliphatic rings. The molecule has 1 amide bonds. The second-order valence-electron chi connectivity index (χ2n) is 6.86. The van der Waals surface area contributed by atoms with Crippen LogP contribution in [0.25, 0.3) is 0 Å². The fourth-order valence-electron chi connectivity index (χ4n) is 3.87. The Kier molecular flexibility index (Phi) is 4.00. The minimum absolute atomic E-state index is 0.137. The van der Waals surface area contributed by atoms with Crippen molar-refractivity contribution in [2.24, 2.45) is 5.92 Å². The Morgan fingerprint density at radius 2 is 2.29 bits per heavy atom. The number of methoxy groups -OCH3 is 1. The molecule has 4 rings (SSSR count). The molecule has 1 aliphatic carbocycles. The van der Waals surface area contributed by atoms with Gasteiger partial charge < -0.3 is 9.64 Å². The van der Waals surface area contributed by atoms with Crippen LogP contribution >= 0.6 is 0 Å². The lowest BCUT2D eigenvalue weighted by atomic mass is 9.94. The van der Waals surface area contributed by atoms with Gasteiger partial charge in [0.2, 0.25) is 5.91 Å². The number of benzene rings is 1. The standard InChI is InChI=1S/C19H23N3O2/c1-24-15-6-2-4-13(10-15)16-11-17(16)19(23)22-9-3-5-14(12-22)18-7-8-20-21-18/h2,4,6-8,10,14,16-17H,3,5,9,11-12H2,1H3,(H,20,21)/t14-,16+,17+/m1/s1. The molecule has 5 heteroatoms. The summed E-state index contributed by atoms with van der Waals surface area (Å²) in [5.74, 6) is 2.05. The van der Waals surface area contributed by atoms with E-state index in [2.05, 4.69) is 27.2 Å². The number of piperidine rings is 1. The van der Waals surface area contributed by atoms with E-state index in [0.717, 1.165) is 43.8 Å². The highest BCUT2D eigenvalue weighted by Gasteiger charge is 2.46. The highest BCUT2D eigenvalue weighted by molar-refractivity contribution is 5.83. The van der Waals surface area contributed by atoms with Gasteiger partial charge in [-0.05, 0) is 48.9 Å². The molecule has 1 saturated carbocycles. The van der Waals surface area contributed by atoms with Crippen molar-refractivity contribution in [1.29, 1.82) is 0 Å². The first-order valence-corrected chi connectivity index (χ1v) is 8.68. The lowest BCUT2D eigenvalue weighted by Gasteiger charge is -2.32. The second kappa shape index (κ2) is 6.30. The summed E-state index contributed by atoms with van der Waals surface area (Å²) in [6.45, 7) is 1.69. The van der Waals surface area contributed by atoms with E-state index >= 15 is 0 Å². The molecular weight excluding hydrogens is 302 g/mol. The zero-order valence-electron chi connectivity index (χ0n) is 13.9. The molecule has 0 spiro atoms. The summed E-state index contributed by atoms with van der Waals surface area (Å²) in [5, 5.41) is 7.10. The summed E-state index contributed by atoms with van der Waals surface area (Å²) in [5.41, 5.74) is 2.36. The van der Waals surface area contributed by atoms with E-state index in [-0.39, 0.29) is 5.92 Å². The van der Waals surface area contributed by atoms with E-state index < -0.39 is 0 Å². The molecule has 2 fully saturated rings. The van der Waals surface area contributed by atoms with Crippen molar-refractivity contribution in [3.8, 4) is 5.75 Å². The molecule has 0 radical (unpaired) electrons. The van der Waals surface area contributed by atoms with Crippen LogP contribution in [0.5, 0.6) is 5.75 Å². The number of hydrogen-bond acceptors (Lipinski definition) is 3. The summed E-state index contributed by atoms with van der Waals surface area (Å²) in [4.78, 5) is 14.9. The summed E-state index contributed by atoms with van der Waals surface area (Å²) in [6, 6.07) is 10.1. The Labute approximate surface area is 142 Å². The largest absolute Gasteiger partial charge is 0.497 e. The molecule has 126 valence electrons. The number of ether oxygens (including phenoxy) is 1. The van der Waals surface area contributed by atoms with Crippen LogP contribution in [0.4, 0.5) is 0 Å². The van der Waals surface area contributed by atoms with Crippen LogP contribution in [0, 0.1) is 5.92 Å². The normalized spacial score (nSPS) is 26.2. The number of carbonyl (C=O) groups is 1. The van der Waals surface area contributed by atoms with Crippen molar-refractivity contribution in [2.75, 3.05) is 20.2 Å². The number of aromatic nitrogens is 2. The number of rotatable bonds is 4. The van der Waals surface area contributed by atoms with Crippen LogP contribution in [0.15, 0.2) is 36.5 Å². The van der Waals surface area contributed by atoms with Gasteiger partial charge in [-0.1, -0.05) is 12.1 Å².